The number of hydrogen-bond donors (Lipinski definition) is 0. The van der Waals surface area contributed by atoms with E-state index in [4.69, 9.17) is 4.74 Å². The second-order valence-electron chi connectivity index (χ2n) is 4.18. The highest BCUT2D eigenvalue weighted by molar-refractivity contribution is 9.10. The summed E-state index contributed by atoms with van der Waals surface area (Å²) >= 11 is 3.34. The zero-order valence-electron chi connectivity index (χ0n) is 8.74. The van der Waals surface area contributed by atoms with Crippen molar-refractivity contribution in [1.82, 2.24) is 9.38 Å². The topological polar surface area (TPSA) is 26.5 Å². The molecule has 2 heterocycles. The van der Waals surface area contributed by atoms with Gasteiger partial charge in [0.25, 0.3) is 5.92 Å². The van der Waals surface area contributed by atoms with Crippen molar-refractivity contribution >= 4 is 21.6 Å². The number of ether oxygens (including phenoxy) is 1. The van der Waals surface area contributed by atoms with Crippen LogP contribution in [-0.4, -0.2) is 21.4 Å². The zero-order chi connectivity index (χ0) is 12.0. The van der Waals surface area contributed by atoms with Crippen molar-refractivity contribution < 1.29 is 13.5 Å². The third kappa shape index (κ3) is 2.01. The van der Waals surface area contributed by atoms with Crippen molar-refractivity contribution in [2.45, 2.75) is 24.9 Å². The van der Waals surface area contributed by atoms with Gasteiger partial charge in [0.15, 0.2) is 11.4 Å². The van der Waals surface area contributed by atoms with Gasteiger partial charge in [0, 0.05) is 35.9 Å². The van der Waals surface area contributed by atoms with Crippen LogP contribution in [0.1, 0.15) is 12.8 Å². The highest BCUT2D eigenvalue weighted by atomic mass is 79.9. The Labute approximate surface area is 105 Å². The Bertz CT molecular complexity index is 562. The number of fused-ring (bicyclic) bond motifs is 1. The van der Waals surface area contributed by atoms with E-state index in [2.05, 4.69) is 20.9 Å². The van der Waals surface area contributed by atoms with Crippen LogP contribution in [0.5, 0.6) is 5.75 Å². The van der Waals surface area contributed by atoms with Crippen LogP contribution in [-0.2, 0) is 0 Å². The summed E-state index contributed by atoms with van der Waals surface area (Å²) in [4.78, 5) is 4.14. The first-order valence-electron chi connectivity index (χ1n) is 5.20. The summed E-state index contributed by atoms with van der Waals surface area (Å²) < 4.78 is 33.6. The lowest BCUT2D eigenvalue weighted by atomic mass is 9.91. The van der Waals surface area contributed by atoms with Gasteiger partial charge in [0.2, 0.25) is 0 Å². The molecule has 90 valence electrons. The number of imidazole rings is 1. The molecule has 6 heteroatoms. The zero-order valence-corrected chi connectivity index (χ0v) is 10.3. The van der Waals surface area contributed by atoms with Crippen LogP contribution in [0, 0.1) is 0 Å². The van der Waals surface area contributed by atoms with Crippen molar-refractivity contribution in [2.75, 3.05) is 0 Å². The molecule has 3 rings (SSSR count). The molecule has 0 atom stereocenters. The van der Waals surface area contributed by atoms with E-state index in [0.717, 1.165) is 4.47 Å². The van der Waals surface area contributed by atoms with Crippen molar-refractivity contribution in [3.05, 3.63) is 29.1 Å². The van der Waals surface area contributed by atoms with Gasteiger partial charge in [0.1, 0.15) is 6.10 Å². The number of halogens is 3. The highest BCUT2D eigenvalue weighted by Crippen LogP contribution is 2.40. The van der Waals surface area contributed by atoms with E-state index < -0.39 is 12.0 Å². The highest BCUT2D eigenvalue weighted by Gasteiger charge is 2.47. The van der Waals surface area contributed by atoms with E-state index in [1.165, 1.54) is 0 Å². The molecule has 1 aliphatic carbocycles. The van der Waals surface area contributed by atoms with E-state index in [-0.39, 0.29) is 12.8 Å². The van der Waals surface area contributed by atoms with Gasteiger partial charge in [-0.2, -0.15) is 0 Å². The Morgan fingerprint density at radius 3 is 2.94 bits per heavy atom. The van der Waals surface area contributed by atoms with E-state index in [0.29, 0.717) is 11.4 Å². The Morgan fingerprint density at radius 1 is 1.47 bits per heavy atom. The maximum atomic E-state index is 12.7. The molecule has 0 saturated heterocycles. The van der Waals surface area contributed by atoms with Crippen molar-refractivity contribution in [3.8, 4) is 5.75 Å². The molecular weight excluding hydrogens is 294 g/mol. The molecule has 0 bridgehead atoms. The number of alkyl halides is 2. The van der Waals surface area contributed by atoms with Crippen molar-refractivity contribution in [3.63, 3.8) is 0 Å². The minimum absolute atomic E-state index is 0.216. The fraction of sp³-hybridized carbons (Fsp3) is 0.364. The molecule has 2 aromatic heterocycles. The number of pyridine rings is 1. The summed E-state index contributed by atoms with van der Waals surface area (Å²) in [6.07, 6.45) is 4.41. The first kappa shape index (κ1) is 11.0. The summed E-state index contributed by atoms with van der Waals surface area (Å²) in [6, 6.07) is 1.75. The standard InChI is InChI=1S/C11H9BrF2N2O/c12-7-3-9(10-15-1-2-16(10)6-7)17-8-4-11(13,14)5-8/h1-3,6,8H,4-5H2. The third-order valence-corrected chi connectivity index (χ3v) is 3.20. The summed E-state index contributed by atoms with van der Waals surface area (Å²) in [5.74, 6) is -2.03. The molecule has 2 aromatic rings. The average Bonchev–Trinajstić information content (AvgIpc) is 2.62. The van der Waals surface area contributed by atoms with E-state index in [1.54, 1.807) is 22.9 Å². The molecule has 0 unspecified atom stereocenters. The van der Waals surface area contributed by atoms with Gasteiger partial charge in [-0.25, -0.2) is 13.8 Å². The molecule has 1 fully saturated rings. The van der Waals surface area contributed by atoms with E-state index >= 15 is 0 Å². The third-order valence-electron chi connectivity index (χ3n) is 2.77. The summed E-state index contributed by atoms with van der Waals surface area (Å²) in [5.41, 5.74) is 0.642. The predicted molar refractivity (Wildman–Crippen MR) is 61.5 cm³/mol. The van der Waals surface area contributed by atoms with E-state index in [9.17, 15) is 8.78 Å². The molecule has 1 saturated carbocycles. The van der Waals surface area contributed by atoms with Crippen molar-refractivity contribution in [2.24, 2.45) is 0 Å². The molecule has 0 N–H and O–H groups in total. The number of nitrogens with zero attached hydrogens (tertiary/aromatic N) is 2. The maximum absolute atomic E-state index is 12.7. The SMILES string of the molecule is FC1(F)CC(Oc2cc(Br)cn3ccnc23)C1. The van der Waals surface area contributed by atoms with Crippen LogP contribution in [0.3, 0.4) is 0 Å². The van der Waals surface area contributed by atoms with Gasteiger partial charge in [-0.1, -0.05) is 0 Å². The second kappa shape index (κ2) is 3.66. The first-order chi connectivity index (χ1) is 8.03. The summed E-state index contributed by atoms with van der Waals surface area (Å²) in [6.45, 7) is 0. The summed E-state index contributed by atoms with van der Waals surface area (Å²) in [7, 11) is 0. The van der Waals surface area contributed by atoms with E-state index in [1.807, 2.05) is 6.20 Å². The Balaban J connectivity index is 1.87. The molecule has 0 spiro atoms. The number of rotatable bonds is 2. The van der Waals surface area contributed by atoms with Crippen LogP contribution in [0.25, 0.3) is 5.65 Å². The number of aromatic nitrogens is 2. The number of hydrogen-bond acceptors (Lipinski definition) is 2. The smallest absolute Gasteiger partial charge is 0.255 e. The minimum Gasteiger partial charge on any atom is -0.486 e. The normalized spacial score (nSPS) is 19.2. The molecule has 0 aliphatic heterocycles. The molecule has 0 amide bonds. The van der Waals surface area contributed by atoms with Gasteiger partial charge < -0.3 is 9.14 Å². The van der Waals surface area contributed by atoms with Gasteiger partial charge in [-0.3, -0.25) is 0 Å². The molecule has 0 radical (unpaired) electrons. The van der Waals surface area contributed by atoms with Crippen LogP contribution < -0.4 is 4.74 Å². The van der Waals surface area contributed by atoms with Crippen LogP contribution in [0.2, 0.25) is 0 Å². The molecule has 0 aromatic carbocycles. The molecule has 17 heavy (non-hydrogen) atoms. The first-order valence-corrected chi connectivity index (χ1v) is 5.99. The Kier molecular flexibility index (Phi) is 2.36. The van der Waals surface area contributed by atoms with Gasteiger partial charge in [-0.15, -0.1) is 0 Å². The quantitative estimate of drug-likeness (QED) is 0.851. The molecule has 3 nitrogen and oxygen atoms in total. The second-order valence-corrected chi connectivity index (χ2v) is 5.10. The Hall–Kier alpha value is -1.17. The lowest BCUT2D eigenvalue weighted by molar-refractivity contribution is -0.134. The summed E-state index contributed by atoms with van der Waals surface area (Å²) in [5, 5.41) is 0. The average molecular weight is 303 g/mol. The fourth-order valence-corrected chi connectivity index (χ4v) is 2.35. The molecular formula is C11H9BrF2N2O. The van der Waals surface area contributed by atoms with Gasteiger partial charge in [0.05, 0.1) is 0 Å². The van der Waals surface area contributed by atoms with Gasteiger partial charge in [-0.05, 0) is 22.0 Å². The predicted octanol–water partition coefficient (Wildman–Crippen LogP) is 3.27. The minimum atomic E-state index is -2.57. The van der Waals surface area contributed by atoms with Crippen LogP contribution in [0.4, 0.5) is 8.78 Å². The maximum Gasteiger partial charge on any atom is 0.255 e. The van der Waals surface area contributed by atoms with Crippen LogP contribution >= 0.6 is 15.9 Å². The Morgan fingerprint density at radius 2 is 2.24 bits per heavy atom. The van der Waals surface area contributed by atoms with Crippen molar-refractivity contribution in [1.29, 1.82) is 0 Å². The fourth-order valence-electron chi connectivity index (χ4n) is 1.92. The van der Waals surface area contributed by atoms with Gasteiger partial charge >= 0.3 is 0 Å². The monoisotopic (exact) mass is 302 g/mol. The largest absolute Gasteiger partial charge is 0.486 e. The van der Waals surface area contributed by atoms with Crippen LogP contribution in [0.15, 0.2) is 29.1 Å². The lowest BCUT2D eigenvalue weighted by Gasteiger charge is -2.34. The lowest BCUT2D eigenvalue weighted by Crippen LogP contribution is -2.43. The molecule has 1 aliphatic rings.